The van der Waals surface area contributed by atoms with Crippen LogP contribution in [0.2, 0.25) is 0 Å². The van der Waals surface area contributed by atoms with Gasteiger partial charge in [0, 0.05) is 22.8 Å². The van der Waals surface area contributed by atoms with Crippen LogP contribution in [0.15, 0.2) is 33.3 Å². The largest absolute Gasteiger partial charge is 0.399 e. The van der Waals surface area contributed by atoms with E-state index in [1.54, 1.807) is 31.4 Å². The van der Waals surface area contributed by atoms with Crippen molar-refractivity contribution in [3.05, 3.63) is 44.6 Å². The first-order valence-electron chi connectivity index (χ1n) is 4.78. The lowest BCUT2D eigenvalue weighted by atomic mass is 10.1. The SMILES string of the molecule is Cn1ncc(Br)c1C(=O)c1cc(N)ccc1Br. The second-order valence-electron chi connectivity index (χ2n) is 3.53. The Morgan fingerprint density at radius 1 is 1.35 bits per heavy atom. The maximum atomic E-state index is 12.3. The number of benzene rings is 1. The molecule has 2 N–H and O–H groups in total. The monoisotopic (exact) mass is 357 g/mol. The van der Waals surface area contributed by atoms with Crippen LogP contribution in [-0.2, 0) is 7.05 Å². The Morgan fingerprint density at radius 2 is 2.06 bits per heavy atom. The van der Waals surface area contributed by atoms with Crippen molar-refractivity contribution in [2.24, 2.45) is 7.05 Å². The number of aromatic nitrogens is 2. The highest BCUT2D eigenvalue weighted by molar-refractivity contribution is 9.10. The maximum Gasteiger partial charge on any atom is 0.213 e. The van der Waals surface area contributed by atoms with E-state index < -0.39 is 0 Å². The van der Waals surface area contributed by atoms with Gasteiger partial charge in [-0.1, -0.05) is 15.9 Å². The van der Waals surface area contributed by atoms with Gasteiger partial charge >= 0.3 is 0 Å². The van der Waals surface area contributed by atoms with Crippen molar-refractivity contribution in [3.8, 4) is 0 Å². The van der Waals surface area contributed by atoms with E-state index in [4.69, 9.17) is 5.73 Å². The van der Waals surface area contributed by atoms with E-state index in [-0.39, 0.29) is 5.78 Å². The van der Waals surface area contributed by atoms with Gasteiger partial charge in [0.25, 0.3) is 0 Å². The van der Waals surface area contributed by atoms with E-state index in [9.17, 15) is 4.79 Å². The normalized spacial score (nSPS) is 10.5. The van der Waals surface area contributed by atoms with Gasteiger partial charge in [-0.05, 0) is 34.1 Å². The molecule has 4 nitrogen and oxygen atoms in total. The summed E-state index contributed by atoms with van der Waals surface area (Å²) in [4.78, 5) is 12.3. The first-order chi connectivity index (χ1) is 8.00. The number of nitrogens with two attached hydrogens (primary N) is 1. The summed E-state index contributed by atoms with van der Waals surface area (Å²) in [6.45, 7) is 0. The van der Waals surface area contributed by atoms with Crippen LogP contribution >= 0.6 is 31.9 Å². The Kier molecular flexibility index (Phi) is 3.35. The lowest BCUT2D eigenvalue weighted by Gasteiger charge is -2.06. The maximum absolute atomic E-state index is 12.3. The minimum absolute atomic E-state index is 0.129. The number of ketones is 1. The molecule has 0 amide bonds. The van der Waals surface area contributed by atoms with Crippen LogP contribution in [0.4, 0.5) is 5.69 Å². The molecule has 0 spiro atoms. The minimum Gasteiger partial charge on any atom is -0.399 e. The van der Waals surface area contributed by atoms with Crippen LogP contribution in [0.25, 0.3) is 0 Å². The van der Waals surface area contributed by atoms with Crippen molar-refractivity contribution in [2.75, 3.05) is 5.73 Å². The van der Waals surface area contributed by atoms with Gasteiger partial charge in [-0.3, -0.25) is 9.48 Å². The number of nitrogen functional groups attached to an aromatic ring is 1. The summed E-state index contributed by atoms with van der Waals surface area (Å²) in [5, 5.41) is 4.02. The number of carbonyl (C=O) groups excluding carboxylic acids is 1. The summed E-state index contributed by atoms with van der Waals surface area (Å²) in [6.07, 6.45) is 1.59. The molecule has 0 aliphatic heterocycles. The van der Waals surface area contributed by atoms with E-state index in [1.165, 1.54) is 4.68 Å². The van der Waals surface area contributed by atoms with Crippen molar-refractivity contribution >= 4 is 43.3 Å². The molecule has 2 aromatic rings. The molecule has 0 radical (unpaired) electrons. The summed E-state index contributed by atoms with van der Waals surface area (Å²) in [7, 11) is 1.72. The number of halogens is 2. The highest BCUT2D eigenvalue weighted by Gasteiger charge is 2.19. The Morgan fingerprint density at radius 3 is 2.65 bits per heavy atom. The molecule has 0 bridgehead atoms. The van der Waals surface area contributed by atoms with E-state index in [1.807, 2.05) is 0 Å². The van der Waals surface area contributed by atoms with Gasteiger partial charge in [0.1, 0.15) is 5.69 Å². The second kappa shape index (κ2) is 4.62. The molecule has 88 valence electrons. The number of rotatable bonds is 2. The van der Waals surface area contributed by atoms with Crippen LogP contribution in [-0.4, -0.2) is 15.6 Å². The van der Waals surface area contributed by atoms with E-state index in [0.29, 0.717) is 25.9 Å². The molecule has 2 rings (SSSR count). The zero-order valence-corrected chi connectivity index (χ0v) is 12.1. The Balaban J connectivity index is 2.55. The van der Waals surface area contributed by atoms with Crippen LogP contribution in [0.5, 0.6) is 0 Å². The van der Waals surface area contributed by atoms with Gasteiger partial charge in [-0.15, -0.1) is 0 Å². The zero-order chi connectivity index (χ0) is 12.6. The molecular formula is C11H9Br2N3O. The highest BCUT2D eigenvalue weighted by atomic mass is 79.9. The molecule has 6 heteroatoms. The van der Waals surface area contributed by atoms with Gasteiger partial charge in [0.05, 0.1) is 10.7 Å². The summed E-state index contributed by atoms with van der Waals surface area (Å²) in [5.41, 5.74) is 7.26. The van der Waals surface area contributed by atoms with Crippen LogP contribution in [0.1, 0.15) is 16.1 Å². The quantitative estimate of drug-likeness (QED) is 0.663. The molecule has 0 atom stereocenters. The van der Waals surface area contributed by atoms with Crippen molar-refractivity contribution < 1.29 is 4.79 Å². The average Bonchev–Trinajstić information content (AvgIpc) is 2.61. The predicted octanol–water partition coefficient (Wildman–Crippen LogP) is 2.76. The van der Waals surface area contributed by atoms with Crippen LogP contribution in [0, 0.1) is 0 Å². The smallest absolute Gasteiger partial charge is 0.213 e. The molecule has 0 unspecified atom stereocenters. The summed E-state index contributed by atoms with van der Waals surface area (Å²) in [6, 6.07) is 5.14. The lowest BCUT2D eigenvalue weighted by molar-refractivity contribution is 0.102. The fraction of sp³-hybridized carbons (Fsp3) is 0.0909. The Hall–Kier alpha value is -1.14. The first-order valence-corrected chi connectivity index (χ1v) is 6.36. The van der Waals surface area contributed by atoms with E-state index in [0.717, 1.165) is 0 Å². The number of hydrogen-bond acceptors (Lipinski definition) is 3. The topological polar surface area (TPSA) is 60.9 Å². The van der Waals surface area contributed by atoms with E-state index in [2.05, 4.69) is 37.0 Å². The van der Waals surface area contributed by atoms with Crippen molar-refractivity contribution in [2.45, 2.75) is 0 Å². The molecule has 0 aliphatic rings. The van der Waals surface area contributed by atoms with Crippen molar-refractivity contribution in [1.82, 2.24) is 9.78 Å². The van der Waals surface area contributed by atoms with Gasteiger partial charge < -0.3 is 5.73 Å². The molecule has 0 saturated carbocycles. The van der Waals surface area contributed by atoms with Crippen LogP contribution in [0.3, 0.4) is 0 Å². The molecule has 1 heterocycles. The molecule has 1 aromatic heterocycles. The molecule has 0 aliphatic carbocycles. The predicted molar refractivity (Wildman–Crippen MR) is 72.9 cm³/mol. The van der Waals surface area contributed by atoms with Crippen molar-refractivity contribution in [3.63, 3.8) is 0 Å². The number of carbonyl (C=O) groups is 1. The first kappa shape index (κ1) is 12.3. The molecular weight excluding hydrogens is 350 g/mol. The molecule has 1 aromatic carbocycles. The third kappa shape index (κ3) is 2.28. The van der Waals surface area contributed by atoms with Gasteiger partial charge in [-0.2, -0.15) is 5.10 Å². The Bertz CT molecular complexity index is 573. The lowest BCUT2D eigenvalue weighted by Crippen LogP contribution is -2.10. The van der Waals surface area contributed by atoms with Crippen molar-refractivity contribution in [1.29, 1.82) is 0 Å². The third-order valence-corrected chi connectivity index (χ3v) is 3.62. The van der Waals surface area contributed by atoms with Gasteiger partial charge in [0.15, 0.2) is 0 Å². The number of hydrogen-bond donors (Lipinski definition) is 1. The molecule has 17 heavy (non-hydrogen) atoms. The zero-order valence-electron chi connectivity index (χ0n) is 8.95. The number of aryl methyl sites for hydroxylation is 1. The minimum atomic E-state index is -0.129. The summed E-state index contributed by atoms with van der Waals surface area (Å²) < 4.78 is 2.91. The highest BCUT2D eigenvalue weighted by Crippen LogP contribution is 2.25. The fourth-order valence-corrected chi connectivity index (χ4v) is 2.47. The van der Waals surface area contributed by atoms with Gasteiger partial charge in [0.2, 0.25) is 5.78 Å². The summed E-state index contributed by atoms with van der Waals surface area (Å²) >= 11 is 6.65. The standard InChI is InChI=1S/C11H9Br2N3O/c1-16-10(9(13)5-15-16)11(17)7-4-6(14)2-3-8(7)12/h2-5H,14H2,1H3. The molecule has 0 saturated heterocycles. The third-order valence-electron chi connectivity index (χ3n) is 2.34. The van der Waals surface area contributed by atoms with Gasteiger partial charge in [-0.25, -0.2) is 0 Å². The molecule has 0 fully saturated rings. The number of nitrogens with zero attached hydrogens (tertiary/aromatic N) is 2. The average molecular weight is 359 g/mol. The van der Waals surface area contributed by atoms with E-state index >= 15 is 0 Å². The summed E-state index contributed by atoms with van der Waals surface area (Å²) in [5.74, 6) is -0.129. The van der Waals surface area contributed by atoms with Crippen LogP contribution < -0.4 is 5.73 Å². The number of anilines is 1. The Labute approximate surface area is 115 Å². The fourth-order valence-electron chi connectivity index (χ4n) is 1.51. The second-order valence-corrected chi connectivity index (χ2v) is 5.24.